The summed E-state index contributed by atoms with van der Waals surface area (Å²) in [6, 6.07) is 7.97. The van der Waals surface area contributed by atoms with Crippen molar-refractivity contribution in [3.05, 3.63) is 52.6 Å². The van der Waals surface area contributed by atoms with Crippen molar-refractivity contribution in [2.24, 2.45) is 0 Å². The monoisotopic (exact) mass is 335 g/mol. The summed E-state index contributed by atoms with van der Waals surface area (Å²) in [6.07, 6.45) is 1.55. The zero-order chi connectivity index (χ0) is 17.0. The molecule has 1 amide bonds. The molecule has 1 aliphatic carbocycles. The highest BCUT2D eigenvalue weighted by molar-refractivity contribution is 7.95. The normalized spacial score (nSPS) is 15.0. The van der Waals surface area contributed by atoms with Crippen LogP contribution in [0.3, 0.4) is 0 Å². The van der Waals surface area contributed by atoms with E-state index in [-0.39, 0.29) is 28.3 Å². The summed E-state index contributed by atoms with van der Waals surface area (Å²) in [5.74, 6) is -0.934. The molecule has 7 heteroatoms. The fraction of sp³-hybridized carbons (Fsp3) is 0.250. The van der Waals surface area contributed by atoms with E-state index in [1.54, 1.807) is 18.2 Å². The number of nitrogens with one attached hydrogen (secondary N) is 1. The molecule has 1 aromatic rings. The van der Waals surface area contributed by atoms with Crippen molar-refractivity contribution in [3.63, 3.8) is 0 Å². The third kappa shape index (κ3) is 3.68. The number of carbonyl (C=O) groups excluding carboxylic acids is 2. The minimum Gasteiger partial charge on any atom is -0.466 e. The number of rotatable bonds is 4. The number of sulfone groups is 1. The molecule has 2 rings (SSSR count). The topological polar surface area (TPSA) is 89.5 Å². The number of esters is 1. The van der Waals surface area contributed by atoms with Crippen molar-refractivity contribution in [1.29, 1.82) is 0 Å². The van der Waals surface area contributed by atoms with Gasteiger partial charge >= 0.3 is 5.97 Å². The summed E-state index contributed by atoms with van der Waals surface area (Å²) in [7, 11) is -2.49. The summed E-state index contributed by atoms with van der Waals surface area (Å²) in [4.78, 5) is 23.3. The average molecular weight is 335 g/mol. The molecule has 0 atom stereocenters. The average Bonchev–Trinajstić information content (AvgIpc) is 2.54. The molecule has 0 aliphatic heterocycles. The van der Waals surface area contributed by atoms with E-state index in [0.717, 1.165) is 0 Å². The van der Waals surface area contributed by atoms with Gasteiger partial charge in [-0.15, -0.1) is 0 Å². The van der Waals surface area contributed by atoms with E-state index in [2.05, 4.69) is 10.1 Å². The lowest BCUT2D eigenvalue weighted by Gasteiger charge is -2.20. The maximum Gasteiger partial charge on any atom is 0.333 e. The molecule has 0 heterocycles. The minimum atomic E-state index is -3.74. The first-order chi connectivity index (χ1) is 10.9. The van der Waals surface area contributed by atoms with Crippen molar-refractivity contribution < 1.29 is 22.7 Å². The first-order valence-electron chi connectivity index (χ1n) is 6.93. The first kappa shape index (κ1) is 17.0. The Morgan fingerprint density at radius 3 is 2.39 bits per heavy atom. The van der Waals surface area contributed by atoms with Gasteiger partial charge in [0.25, 0.3) is 0 Å². The second-order valence-corrected chi connectivity index (χ2v) is 6.97. The van der Waals surface area contributed by atoms with E-state index < -0.39 is 21.7 Å². The van der Waals surface area contributed by atoms with Crippen molar-refractivity contribution in [2.45, 2.75) is 24.7 Å². The van der Waals surface area contributed by atoms with Crippen LogP contribution in [0.2, 0.25) is 0 Å². The maximum atomic E-state index is 12.8. The van der Waals surface area contributed by atoms with Crippen LogP contribution in [0.5, 0.6) is 0 Å². The van der Waals surface area contributed by atoms with Gasteiger partial charge in [0.05, 0.1) is 16.9 Å². The summed E-state index contributed by atoms with van der Waals surface area (Å²) < 4.78 is 30.2. The van der Waals surface area contributed by atoms with Gasteiger partial charge in [-0.05, 0) is 12.1 Å². The number of benzene rings is 1. The summed E-state index contributed by atoms with van der Waals surface area (Å²) in [5.41, 5.74) is 0.535. The van der Waals surface area contributed by atoms with E-state index in [1.165, 1.54) is 32.2 Å². The van der Waals surface area contributed by atoms with Gasteiger partial charge in [0.15, 0.2) is 0 Å². The lowest BCUT2D eigenvalue weighted by atomic mass is 10.0. The highest BCUT2D eigenvalue weighted by Crippen LogP contribution is 2.31. The van der Waals surface area contributed by atoms with E-state index in [0.29, 0.717) is 5.57 Å². The number of hydrogen-bond donors (Lipinski definition) is 1. The Hall–Kier alpha value is -2.41. The van der Waals surface area contributed by atoms with E-state index in [1.807, 2.05) is 0 Å². The van der Waals surface area contributed by atoms with Gasteiger partial charge in [-0.2, -0.15) is 0 Å². The molecule has 1 aliphatic rings. The SMILES string of the molecule is COC(=O)C1=CCC(S(=O)(=O)c2ccccc2)=C(NC(C)=O)C1. The smallest absolute Gasteiger partial charge is 0.333 e. The van der Waals surface area contributed by atoms with Crippen molar-refractivity contribution in [2.75, 3.05) is 7.11 Å². The van der Waals surface area contributed by atoms with Crippen LogP contribution in [0.4, 0.5) is 0 Å². The lowest BCUT2D eigenvalue weighted by molar-refractivity contribution is -0.136. The third-order valence-corrected chi connectivity index (χ3v) is 5.34. The third-order valence-electron chi connectivity index (χ3n) is 3.39. The molecule has 122 valence electrons. The molecule has 1 N–H and O–H groups in total. The van der Waals surface area contributed by atoms with Crippen LogP contribution in [0, 0.1) is 0 Å². The van der Waals surface area contributed by atoms with Gasteiger partial charge in [-0.3, -0.25) is 4.79 Å². The highest BCUT2D eigenvalue weighted by atomic mass is 32.2. The number of carbonyl (C=O) groups is 2. The van der Waals surface area contributed by atoms with Gasteiger partial charge in [-0.25, -0.2) is 13.2 Å². The van der Waals surface area contributed by atoms with Crippen LogP contribution < -0.4 is 5.32 Å². The Morgan fingerprint density at radius 1 is 1.17 bits per heavy atom. The van der Waals surface area contributed by atoms with Crippen molar-refractivity contribution in [1.82, 2.24) is 5.32 Å². The Labute approximate surface area is 134 Å². The first-order valence-corrected chi connectivity index (χ1v) is 8.41. The van der Waals surface area contributed by atoms with Gasteiger partial charge in [-0.1, -0.05) is 24.3 Å². The van der Waals surface area contributed by atoms with Crippen LogP contribution in [0.1, 0.15) is 19.8 Å². The van der Waals surface area contributed by atoms with E-state index in [4.69, 9.17) is 0 Å². The summed E-state index contributed by atoms with van der Waals surface area (Å²) in [5, 5.41) is 2.53. The van der Waals surface area contributed by atoms with Crippen LogP contribution in [-0.4, -0.2) is 27.4 Å². The molecular weight excluding hydrogens is 318 g/mol. The van der Waals surface area contributed by atoms with Gasteiger partial charge in [0.1, 0.15) is 0 Å². The lowest BCUT2D eigenvalue weighted by Crippen LogP contribution is -2.26. The maximum absolute atomic E-state index is 12.8. The largest absolute Gasteiger partial charge is 0.466 e. The number of hydrogen-bond acceptors (Lipinski definition) is 5. The van der Waals surface area contributed by atoms with Crippen molar-refractivity contribution in [3.8, 4) is 0 Å². The predicted octanol–water partition coefficient (Wildman–Crippen LogP) is 1.70. The minimum absolute atomic E-state index is 0.00759. The Morgan fingerprint density at radius 2 is 1.83 bits per heavy atom. The number of methoxy groups -OCH3 is 1. The van der Waals surface area contributed by atoms with Crippen LogP contribution >= 0.6 is 0 Å². The molecule has 0 spiro atoms. The molecule has 0 radical (unpaired) electrons. The molecule has 23 heavy (non-hydrogen) atoms. The van der Waals surface area contributed by atoms with E-state index >= 15 is 0 Å². The second kappa shape index (κ2) is 6.78. The van der Waals surface area contributed by atoms with Crippen molar-refractivity contribution >= 4 is 21.7 Å². The Bertz CT molecular complexity index is 791. The molecule has 1 aromatic carbocycles. The molecule has 6 nitrogen and oxygen atoms in total. The molecule has 0 aromatic heterocycles. The van der Waals surface area contributed by atoms with Gasteiger partial charge in [0, 0.05) is 31.0 Å². The molecular formula is C16H17NO5S. The standard InChI is InChI=1S/C16H17NO5S/c1-11(18)17-14-10-12(16(19)22-2)8-9-15(14)23(20,21)13-6-4-3-5-7-13/h3-8H,9-10H2,1-2H3,(H,17,18). The summed E-state index contributed by atoms with van der Waals surface area (Å²) >= 11 is 0. The van der Waals surface area contributed by atoms with Crippen LogP contribution in [0.15, 0.2) is 57.5 Å². The van der Waals surface area contributed by atoms with Crippen LogP contribution in [0.25, 0.3) is 0 Å². The number of amides is 1. The molecule has 0 unspecified atom stereocenters. The quantitative estimate of drug-likeness (QED) is 0.846. The predicted molar refractivity (Wildman–Crippen MR) is 83.8 cm³/mol. The molecule has 0 bridgehead atoms. The van der Waals surface area contributed by atoms with Crippen LogP contribution in [-0.2, 0) is 24.2 Å². The fourth-order valence-corrected chi connectivity index (χ4v) is 3.88. The zero-order valence-corrected chi connectivity index (χ0v) is 13.6. The molecule has 0 saturated carbocycles. The zero-order valence-electron chi connectivity index (χ0n) is 12.8. The Kier molecular flexibility index (Phi) is 5.00. The van der Waals surface area contributed by atoms with Gasteiger partial charge < -0.3 is 10.1 Å². The second-order valence-electron chi connectivity index (χ2n) is 5.00. The molecule has 0 saturated heterocycles. The van der Waals surface area contributed by atoms with Gasteiger partial charge in [0.2, 0.25) is 15.7 Å². The highest BCUT2D eigenvalue weighted by Gasteiger charge is 2.29. The Balaban J connectivity index is 2.46. The molecule has 0 fully saturated rings. The number of ether oxygens (including phenoxy) is 1. The van der Waals surface area contributed by atoms with E-state index in [9.17, 15) is 18.0 Å². The summed E-state index contributed by atoms with van der Waals surface area (Å²) in [6.45, 7) is 1.29. The fourth-order valence-electron chi connectivity index (χ4n) is 2.33. The number of allylic oxidation sites excluding steroid dienone is 3.